The number of thioether (sulfide) groups is 1. The summed E-state index contributed by atoms with van der Waals surface area (Å²) >= 11 is 1.30. The smallest absolute Gasteiger partial charge is 0.246 e. The molecule has 0 saturated carbocycles. The Labute approximate surface area is 180 Å². The van der Waals surface area contributed by atoms with Crippen molar-refractivity contribution in [3.05, 3.63) is 66.2 Å². The summed E-state index contributed by atoms with van der Waals surface area (Å²) in [5.41, 5.74) is 6.87. The number of carbonyl (C=O) groups excluding carboxylic acids is 3. The second-order valence-corrected chi connectivity index (χ2v) is 8.10. The summed E-state index contributed by atoms with van der Waals surface area (Å²) in [6, 6.07) is 17.0. The first-order chi connectivity index (χ1) is 14.5. The topological polar surface area (TPSA) is 92.5 Å². The van der Waals surface area contributed by atoms with Crippen LogP contribution in [0, 0.1) is 5.92 Å². The molecule has 2 aromatic carbocycles. The molecular formula is C23H25N3O3S. The maximum atomic E-state index is 12.7. The van der Waals surface area contributed by atoms with E-state index in [9.17, 15) is 14.4 Å². The Morgan fingerprint density at radius 2 is 1.70 bits per heavy atom. The number of hydrogen-bond acceptors (Lipinski definition) is 4. The fourth-order valence-electron chi connectivity index (χ4n) is 3.28. The van der Waals surface area contributed by atoms with Crippen molar-refractivity contribution in [1.82, 2.24) is 4.90 Å². The summed E-state index contributed by atoms with van der Waals surface area (Å²) in [4.78, 5) is 38.8. The van der Waals surface area contributed by atoms with E-state index in [1.165, 1.54) is 11.8 Å². The first-order valence-corrected chi connectivity index (χ1v) is 10.8. The largest absolute Gasteiger partial charge is 0.369 e. The molecule has 0 radical (unpaired) electrons. The SMILES string of the molecule is NC(=O)CSc1ccccc1NC(=O)C1CCN(C(=O)/C=C/c2ccccc2)CC1. The third-order valence-corrected chi connectivity index (χ3v) is 6.01. The second kappa shape index (κ2) is 10.6. The number of rotatable bonds is 7. The van der Waals surface area contributed by atoms with Crippen LogP contribution >= 0.6 is 11.8 Å². The molecule has 0 unspecified atom stereocenters. The van der Waals surface area contributed by atoms with Gasteiger partial charge in [0.05, 0.1) is 11.4 Å². The highest BCUT2D eigenvalue weighted by molar-refractivity contribution is 8.00. The summed E-state index contributed by atoms with van der Waals surface area (Å²) in [7, 11) is 0. The van der Waals surface area contributed by atoms with E-state index in [0.717, 1.165) is 10.5 Å². The summed E-state index contributed by atoms with van der Waals surface area (Å²) in [5, 5.41) is 2.97. The number of nitrogens with two attached hydrogens (primary N) is 1. The maximum absolute atomic E-state index is 12.7. The summed E-state index contributed by atoms with van der Waals surface area (Å²) in [6.45, 7) is 1.10. The van der Waals surface area contributed by atoms with Gasteiger partial charge in [-0.1, -0.05) is 42.5 Å². The lowest BCUT2D eigenvalue weighted by molar-refractivity contribution is -0.130. The number of likely N-dealkylation sites (tertiary alicyclic amines) is 1. The highest BCUT2D eigenvalue weighted by Gasteiger charge is 2.27. The van der Waals surface area contributed by atoms with Crippen molar-refractivity contribution in [3.8, 4) is 0 Å². The van der Waals surface area contributed by atoms with Crippen molar-refractivity contribution in [1.29, 1.82) is 0 Å². The van der Waals surface area contributed by atoms with E-state index in [0.29, 0.717) is 31.6 Å². The van der Waals surface area contributed by atoms with Gasteiger partial charge in [-0.15, -0.1) is 11.8 Å². The van der Waals surface area contributed by atoms with Crippen LogP contribution in [-0.4, -0.2) is 41.5 Å². The van der Waals surface area contributed by atoms with E-state index in [1.54, 1.807) is 11.0 Å². The third-order valence-electron chi connectivity index (χ3n) is 4.91. The van der Waals surface area contributed by atoms with Crippen molar-refractivity contribution in [2.45, 2.75) is 17.7 Å². The molecule has 1 aliphatic rings. The van der Waals surface area contributed by atoms with Gasteiger partial charge in [-0.05, 0) is 36.6 Å². The van der Waals surface area contributed by atoms with Crippen LogP contribution in [0.5, 0.6) is 0 Å². The molecule has 1 saturated heterocycles. The van der Waals surface area contributed by atoms with E-state index in [2.05, 4.69) is 5.32 Å². The lowest BCUT2D eigenvalue weighted by Crippen LogP contribution is -2.40. The average molecular weight is 424 g/mol. The number of piperidine rings is 1. The van der Waals surface area contributed by atoms with Crippen LogP contribution in [0.25, 0.3) is 6.08 Å². The van der Waals surface area contributed by atoms with Crippen molar-refractivity contribution in [3.63, 3.8) is 0 Å². The van der Waals surface area contributed by atoms with Crippen LogP contribution in [0.1, 0.15) is 18.4 Å². The molecule has 3 amide bonds. The van der Waals surface area contributed by atoms with Crippen molar-refractivity contribution in [2.24, 2.45) is 11.7 Å². The minimum Gasteiger partial charge on any atom is -0.369 e. The highest BCUT2D eigenvalue weighted by atomic mass is 32.2. The normalized spacial score (nSPS) is 14.6. The van der Waals surface area contributed by atoms with Crippen LogP contribution in [0.2, 0.25) is 0 Å². The van der Waals surface area contributed by atoms with Crippen LogP contribution in [0.3, 0.4) is 0 Å². The number of amides is 3. The molecule has 2 aromatic rings. The number of anilines is 1. The van der Waals surface area contributed by atoms with E-state index in [1.807, 2.05) is 60.7 Å². The third kappa shape index (κ3) is 6.22. The van der Waals surface area contributed by atoms with Gasteiger partial charge < -0.3 is 16.0 Å². The van der Waals surface area contributed by atoms with Gasteiger partial charge in [-0.3, -0.25) is 14.4 Å². The summed E-state index contributed by atoms with van der Waals surface area (Å²) < 4.78 is 0. The van der Waals surface area contributed by atoms with Crippen molar-refractivity contribution >= 4 is 41.2 Å². The Balaban J connectivity index is 1.51. The first-order valence-electron chi connectivity index (χ1n) is 9.86. The molecule has 1 fully saturated rings. The highest BCUT2D eigenvalue weighted by Crippen LogP contribution is 2.28. The van der Waals surface area contributed by atoms with Crippen LogP contribution in [-0.2, 0) is 14.4 Å². The Morgan fingerprint density at radius 3 is 2.40 bits per heavy atom. The maximum Gasteiger partial charge on any atom is 0.246 e. The molecular weight excluding hydrogens is 398 g/mol. The molecule has 0 spiro atoms. The quantitative estimate of drug-likeness (QED) is 0.529. The fraction of sp³-hybridized carbons (Fsp3) is 0.261. The number of benzene rings is 2. The lowest BCUT2D eigenvalue weighted by Gasteiger charge is -2.30. The Hall–Kier alpha value is -3.06. The van der Waals surface area contributed by atoms with E-state index >= 15 is 0 Å². The second-order valence-electron chi connectivity index (χ2n) is 7.08. The predicted octanol–water partition coefficient (Wildman–Crippen LogP) is 3.15. The Kier molecular flexibility index (Phi) is 7.68. The zero-order valence-corrected chi connectivity index (χ0v) is 17.4. The Morgan fingerprint density at radius 1 is 1.03 bits per heavy atom. The van der Waals surface area contributed by atoms with Gasteiger partial charge in [0.1, 0.15) is 0 Å². The monoisotopic (exact) mass is 423 g/mol. The number of nitrogens with zero attached hydrogens (tertiary/aromatic N) is 1. The van der Waals surface area contributed by atoms with Gasteiger partial charge >= 0.3 is 0 Å². The summed E-state index contributed by atoms with van der Waals surface area (Å²) in [5.74, 6) is -0.495. The van der Waals surface area contributed by atoms with Gasteiger partial charge in [0.25, 0.3) is 0 Å². The summed E-state index contributed by atoms with van der Waals surface area (Å²) in [6.07, 6.45) is 4.63. The van der Waals surface area contributed by atoms with Crippen LogP contribution in [0.4, 0.5) is 5.69 Å². The number of hydrogen-bond donors (Lipinski definition) is 2. The molecule has 1 aliphatic heterocycles. The molecule has 0 atom stereocenters. The molecule has 0 aliphatic carbocycles. The van der Waals surface area contributed by atoms with Crippen LogP contribution in [0.15, 0.2) is 65.6 Å². The molecule has 6 nitrogen and oxygen atoms in total. The zero-order valence-electron chi connectivity index (χ0n) is 16.6. The Bertz CT molecular complexity index is 922. The first kappa shape index (κ1) is 21.6. The van der Waals surface area contributed by atoms with Gasteiger partial charge in [-0.2, -0.15) is 0 Å². The zero-order chi connectivity index (χ0) is 21.3. The number of primary amides is 1. The van der Waals surface area contributed by atoms with E-state index in [4.69, 9.17) is 5.73 Å². The molecule has 0 aromatic heterocycles. The van der Waals surface area contributed by atoms with E-state index in [-0.39, 0.29) is 23.5 Å². The molecule has 156 valence electrons. The van der Waals surface area contributed by atoms with Gasteiger partial charge in [-0.25, -0.2) is 0 Å². The molecule has 0 bridgehead atoms. The number of nitrogens with one attached hydrogen (secondary N) is 1. The van der Waals surface area contributed by atoms with Crippen molar-refractivity contribution in [2.75, 3.05) is 24.2 Å². The molecule has 3 rings (SSSR count). The van der Waals surface area contributed by atoms with Crippen LogP contribution < -0.4 is 11.1 Å². The van der Waals surface area contributed by atoms with Crippen molar-refractivity contribution < 1.29 is 14.4 Å². The van der Waals surface area contributed by atoms with Gasteiger partial charge in [0.15, 0.2) is 0 Å². The van der Waals surface area contributed by atoms with Gasteiger partial charge in [0, 0.05) is 30.0 Å². The number of para-hydroxylation sites is 1. The predicted molar refractivity (Wildman–Crippen MR) is 120 cm³/mol. The minimum absolute atomic E-state index is 0.0362. The average Bonchev–Trinajstić information content (AvgIpc) is 2.77. The molecule has 7 heteroatoms. The lowest BCUT2D eigenvalue weighted by atomic mass is 9.95. The molecule has 1 heterocycles. The fourth-order valence-corrected chi connectivity index (χ4v) is 4.03. The standard InChI is InChI=1S/C23H25N3O3S/c24-21(27)16-30-20-9-5-4-8-19(20)25-23(29)18-12-14-26(15-13-18)22(28)11-10-17-6-2-1-3-7-17/h1-11,18H,12-16H2,(H2,24,27)(H,25,29)/b11-10+. The number of carbonyl (C=O) groups is 3. The minimum atomic E-state index is -0.403. The molecule has 30 heavy (non-hydrogen) atoms. The van der Waals surface area contributed by atoms with Gasteiger partial charge in [0.2, 0.25) is 17.7 Å². The molecule has 3 N–H and O–H groups in total. The van der Waals surface area contributed by atoms with E-state index < -0.39 is 5.91 Å².